The third-order valence-corrected chi connectivity index (χ3v) is 5.30. The SMILES string of the molecule is Cc1ccc(S(=O)(=O)OC(C)n2nc3n(c2=O)CCCC3)cc1. The van der Waals surface area contributed by atoms with Crippen molar-refractivity contribution in [3.8, 4) is 0 Å². The minimum Gasteiger partial charge on any atom is -0.279 e. The molecule has 0 saturated heterocycles. The molecule has 0 N–H and O–H groups in total. The van der Waals surface area contributed by atoms with Crippen LogP contribution >= 0.6 is 0 Å². The van der Waals surface area contributed by atoms with Crippen LogP contribution < -0.4 is 5.69 Å². The Labute approximate surface area is 134 Å². The van der Waals surface area contributed by atoms with Gasteiger partial charge in [-0.05, 0) is 38.8 Å². The van der Waals surface area contributed by atoms with Crippen molar-refractivity contribution in [3.05, 3.63) is 46.1 Å². The highest BCUT2D eigenvalue weighted by Crippen LogP contribution is 2.19. The van der Waals surface area contributed by atoms with Gasteiger partial charge in [0.15, 0.2) is 6.23 Å². The lowest BCUT2D eigenvalue weighted by Crippen LogP contribution is -2.30. The highest BCUT2D eigenvalue weighted by atomic mass is 32.2. The van der Waals surface area contributed by atoms with Crippen LogP contribution in [-0.2, 0) is 27.3 Å². The third-order valence-electron chi connectivity index (χ3n) is 3.91. The summed E-state index contributed by atoms with van der Waals surface area (Å²) in [6.45, 7) is 3.99. The van der Waals surface area contributed by atoms with Gasteiger partial charge in [-0.25, -0.2) is 8.98 Å². The fourth-order valence-electron chi connectivity index (χ4n) is 2.64. The van der Waals surface area contributed by atoms with Crippen LogP contribution in [0.3, 0.4) is 0 Å². The van der Waals surface area contributed by atoms with Crippen LogP contribution in [0.15, 0.2) is 34.0 Å². The van der Waals surface area contributed by atoms with Crippen LogP contribution in [0, 0.1) is 6.92 Å². The van der Waals surface area contributed by atoms with Crippen molar-refractivity contribution in [1.29, 1.82) is 0 Å². The Kier molecular flexibility index (Phi) is 4.11. The number of nitrogens with zero attached hydrogens (tertiary/aromatic N) is 3. The molecule has 124 valence electrons. The van der Waals surface area contributed by atoms with Gasteiger partial charge in [0.2, 0.25) is 0 Å². The van der Waals surface area contributed by atoms with Crippen LogP contribution in [0.5, 0.6) is 0 Å². The number of benzene rings is 1. The predicted octanol–water partition coefficient (Wildman–Crippen LogP) is 1.61. The first kappa shape index (κ1) is 15.9. The number of hydrogen-bond acceptors (Lipinski definition) is 5. The quantitative estimate of drug-likeness (QED) is 0.792. The maximum atomic E-state index is 12.3. The average Bonchev–Trinajstić information content (AvgIpc) is 2.85. The standard InChI is InChI=1S/C15H19N3O4S/c1-11-6-8-13(9-7-11)23(20,21)22-12(2)18-15(19)17-10-4-3-5-14(17)16-18/h6-9,12H,3-5,10H2,1-2H3. The zero-order valence-electron chi connectivity index (χ0n) is 13.1. The average molecular weight is 337 g/mol. The van der Waals surface area contributed by atoms with Gasteiger partial charge in [0.1, 0.15) is 5.82 Å². The lowest BCUT2D eigenvalue weighted by molar-refractivity contribution is 0.141. The third kappa shape index (κ3) is 3.09. The smallest absolute Gasteiger partial charge is 0.279 e. The van der Waals surface area contributed by atoms with E-state index in [2.05, 4.69) is 5.10 Å². The van der Waals surface area contributed by atoms with Gasteiger partial charge < -0.3 is 0 Å². The Morgan fingerprint density at radius 1 is 1.22 bits per heavy atom. The number of rotatable bonds is 4. The molecule has 0 saturated carbocycles. The van der Waals surface area contributed by atoms with Crippen molar-refractivity contribution in [2.24, 2.45) is 0 Å². The van der Waals surface area contributed by atoms with E-state index in [1.807, 2.05) is 6.92 Å². The zero-order valence-corrected chi connectivity index (χ0v) is 13.9. The molecule has 0 bridgehead atoms. The highest BCUT2D eigenvalue weighted by Gasteiger charge is 2.25. The Morgan fingerprint density at radius 2 is 1.91 bits per heavy atom. The molecule has 0 amide bonds. The molecule has 1 aromatic heterocycles. The summed E-state index contributed by atoms with van der Waals surface area (Å²) in [6.07, 6.45) is 1.63. The number of aromatic nitrogens is 3. The molecule has 1 aromatic carbocycles. The summed E-state index contributed by atoms with van der Waals surface area (Å²) in [5.41, 5.74) is 0.626. The number of hydrogen-bond donors (Lipinski definition) is 0. The minimum atomic E-state index is -3.95. The van der Waals surface area contributed by atoms with Gasteiger partial charge in [0.05, 0.1) is 4.90 Å². The van der Waals surface area contributed by atoms with Crippen LogP contribution in [0.25, 0.3) is 0 Å². The van der Waals surface area contributed by atoms with Gasteiger partial charge in [-0.3, -0.25) is 4.57 Å². The molecule has 7 nitrogen and oxygen atoms in total. The molecule has 1 aliphatic rings. The van der Waals surface area contributed by atoms with Gasteiger partial charge in [-0.1, -0.05) is 17.7 Å². The van der Waals surface area contributed by atoms with E-state index in [4.69, 9.17) is 4.18 Å². The first-order valence-electron chi connectivity index (χ1n) is 7.57. The van der Waals surface area contributed by atoms with Crippen molar-refractivity contribution < 1.29 is 12.6 Å². The molecule has 3 rings (SSSR count). The highest BCUT2D eigenvalue weighted by molar-refractivity contribution is 7.86. The molecule has 1 aliphatic heterocycles. The first-order valence-corrected chi connectivity index (χ1v) is 8.97. The molecule has 1 atom stereocenters. The Hall–Kier alpha value is -1.93. The van der Waals surface area contributed by atoms with Crippen molar-refractivity contribution in [1.82, 2.24) is 14.3 Å². The normalized spacial score (nSPS) is 16.1. The summed E-state index contributed by atoms with van der Waals surface area (Å²) in [5, 5.41) is 4.22. The molecular weight excluding hydrogens is 318 g/mol. The van der Waals surface area contributed by atoms with Crippen LogP contribution in [0.4, 0.5) is 0 Å². The Bertz CT molecular complexity index is 865. The van der Waals surface area contributed by atoms with E-state index >= 15 is 0 Å². The second-order valence-electron chi connectivity index (χ2n) is 5.71. The van der Waals surface area contributed by atoms with E-state index in [0.717, 1.165) is 29.5 Å². The molecule has 0 spiro atoms. The van der Waals surface area contributed by atoms with Crippen molar-refractivity contribution in [2.75, 3.05) is 0 Å². The van der Waals surface area contributed by atoms with Gasteiger partial charge in [0, 0.05) is 13.0 Å². The van der Waals surface area contributed by atoms with Crippen molar-refractivity contribution in [2.45, 2.75) is 50.8 Å². The molecule has 1 unspecified atom stereocenters. The maximum absolute atomic E-state index is 12.3. The van der Waals surface area contributed by atoms with Crippen LogP contribution in [0.2, 0.25) is 0 Å². The fourth-order valence-corrected chi connectivity index (χ4v) is 3.67. The summed E-state index contributed by atoms with van der Waals surface area (Å²) in [5.74, 6) is 0.685. The lowest BCUT2D eigenvalue weighted by Gasteiger charge is -2.12. The van der Waals surface area contributed by atoms with E-state index in [0.29, 0.717) is 12.4 Å². The first-order chi connectivity index (χ1) is 10.9. The second-order valence-corrected chi connectivity index (χ2v) is 7.29. The van der Waals surface area contributed by atoms with Gasteiger partial charge in [-0.2, -0.15) is 18.2 Å². The van der Waals surface area contributed by atoms with Crippen molar-refractivity contribution in [3.63, 3.8) is 0 Å². The summed E-state index contributed by atoms with van der Waals surface area (Å²) in [7, 11) is -3.95. The van der Waals surface area contributed by atoms with Gasteiger partial charge in [0.25, 0.3) is 10.1 Å². The van der Waals surface area contributed by atoms with Crippen molar-refractivity contribution >= 4 is 10.1 Å². The Balaban J connectivity index is 1.87. The van der Waals surface area contributed by atoms with Crippen LogP contribution in [-0.4, -0.2) is 22.8 Å². The van der Waals surface area contributed by atoms with E-state index in [9.17, 15) is 13.2 Å². The number of aryl methyl sites for hydroxylation is 2. The molecule has 0 radical (unpaired) electrons. The molecular formula is C15H19N3O4S. The molecule has 8 heteroatoms. The molecule has 2 heterocycles. The molecule has 0 fully saturated rings. The zero-order chi connectivity index (χ0) is 16.6. The summed E-state index contributed by atoms with van der Waals surface area (Å²) in [6, 6.07) is 6.36. The van der Waals surface area contributed by atoms with E-state index in [1.165, 1.54) is 19.1 Å². The maximum Gasteiger partial charge on any atom is 0.348 e. The monoisotopic (exact) mass is 337 g/mol. The topological polar surface area (TPSA) is 83.2 Å². The molecule has 23 heavy (non-hydrogen) atoms. The summed E-state index contributed by atoms with van der Waals surface area (Å²) in [4.78, 5) is 12.4. The van der Waals surface area contributed by atoms with Gasteiger partial charge >= 0.3 is 5.69 Å². The largest absolute Gasteiger partial charge is 0.348 e. The molecule has 0 aliphatic carbocycles. The summed E-state index contributed by atoms with van der Waals surface area (Å²) >= 11 is 0. The fraction of sp³-hybridized carbons (Fsp3) is 0.467. The lowest BCUT2D eigenvalue weighted by atomic mass is 10.2. The minimum absolute atomic E-state index is 0.0620. The number of fused-ring (bicyclic) bond motifs is 1. The second kappa shape index (κ2) is 5.93. The molecule has 2 aromatic rings. The van der Waals surface area contributed by atoms with E-state index < -0.39 is 16.3 Å². The van der Waals surface area contributed by atoms with Crippen LogP contribution in [0.1, 0.15) is 37.4 Å². The van der Waals surface area contributed by atoms with E-state index in [-0.39, 0.29) is 10.6 Å². The predicted molar refractivity (Wildman–Crippen MR) is 83.6 cm³/mol. The Morgan fingerprint density at radius 3 is 2.57 bits per heavy atom. The van der Waals surface area contributed by atoms with E-state index in [1.54, 1.807) is 16.7 Å². The summed E-state index contributed by atoms with van der Waals surface area (Å²) < 4.78 is 32.5. The van der Waals surface area contributed by atoms with Gasteiger partial charge in [-0.15, -0.1) is 0 Å².